The molecular weight excluding hydrogens is 344 g/mol. The van der Waals surface area contributed by atoms with Gasteiger partial charge in [0.2, 0.25) is 0 Å². The molecule has 1 amide bonds. The summed E-state index contributed by atoms with van der Waals surface area (Å²) in [6.07, 6.45) is 0. The first-order valence-electron chi connectivity index (χ1n) is 6.39. The Bertz CT molecular complexity index is 883. The molecule has 3 aromatic rings. The molecule has 116 valence electrons. The largest absolute Gasteiger partial charge is 0.412 e. The van der Waals surface area contributed by atoms with Crippen LogP contribution < -0.4 is 5.32 Å². The van der Waals surface area contributed by atoms with E-state index < -0.39 is 11.7 Å². The van der Waals surface area contributed by atoms with Crippen LogP contribution in [0.5, 0.6) is 0 Å². The molecule has 0 atom stereocenters. The van der Waals surface area contributed by atoms with Crippen molar-refractivity contribution >= 4 is 34.8 Å². The lowest BCUT2D eigenvalue weighted by atomic mass is 10.2. The Hall–Kier alpha value is -2.44. The summed E-state index contributed by atoms with van der Waals surface area (Å²) in [4.78, 5) is 12.1. The van der Waals surface area contributed by atoms with Crippen molar-refractivity contribution in [1.82, 2.24) is 10.2 Å². The molecule has 23 heavy (non-hydrogen) atoms. The van der Waals surface area contributed by atoms with Crippen LogP contribution in [0.1, 0.15) is 10.7 Å². The lowest BCUT2D eigenvalue weighted by Gasteiger charge is -2.04. The van der Waals surface area contributed by atoms with Crippen LogP contribution in [0.25, 0.3) is 11.5 Å². The van der Waals surface area contributed by atoms with E-state index in [0.717, 1.165) is 0 Å². The molecule has 1 N–H and O–H groups in total. The van der Waals surface area contributed by atoms with Crippen LogP contribution in [0, 0.1) is 5.82 Å². The molecule has 0 fully saturated rings. The van der Waals surface area contributed by atoms with Gasteiger partial charge in [0.15, 0.2) is 0 Å². The van der Waals surface area contributed by atoms with E-state index in [1.807, 2.05) is 0 Å². The van der Waals surface area contributed by atoms with E-state index in [0.29, 0.717) is 10.7 Å². The number of anilines is 1. The number of nitrogens with zero attached hydrogens (tertiary/aromatic N) is 2. The molecule has 3 rings (SSSR count). The Kier molecular flexibility index (Phi) is 4.27. The molecule has 0 radical (unpaired) electrons. The summed E-state index contributed by atoms with van der Waals surface area (Å²) in [7, 11) is 0. The Morgan fingerprint density at radius 1 is 1.13 bits per heavy atom. The van der Waals surface area contributed by atoms with E-state index >= 15 is 0 Å². The third-order valence-corrected chi connectivity index (χ3v) is 3.45. The number of halogens is 3. The number of aromatic nitrogens is 2. The van der Waals surface area contributed by atoms with Gasteiger partial charge in [-0.3, -0.25) is 4.79 Å². The minimum Gasteiger partial charge on any atom is -0.412 e. The predicted octanol–water partition coefficient (Wildman–Crippen LogP) is 4.43. The smallest absolute Gasteiger partial charge is 0.313 e. The highest BCUT2D eigenvalue weighted by Crippen LogP contribution is 2.26. The third-order valence-electron chi connectivity index (χ3n) is 2.90. The SMILES string of the molecule is O=C(Nc1ccc(Cl)cc1Cl)c1nnc(-c2ccccc2F)o1. The molecule has 0 saturated carbocycles. The molecule has 8 heteroatoms. The van der Waals surface area contributed by atoms with Gasteiger partial charge < -0.3 is 9.73 Å². The standard InChI is InChI=1S/C15H8Cl2FN3O2/c16-8-5-6-12(10(17)7-8)19-13(22)15-21-20-14(23-15)9-3-1-2-4-11(9)18/h1-7H,(H,19,22). The molecule has 5 nitrogen and oxygen atoms in total. The van der Waals surface area contributed by atoms with Gasteiger partial charge >= 0.3 is 11.8 Å². The topological polar surface area (TPSA) is 68.0 Å². The zero-order valence-corrected chi connectivity index (χ0v) is 12.9. The van der Waals surface area contributed by atoms with Crippen LogP contribution in [-0.4, -0.2) is 16.1 Å². The van der Waals surface area contributed by atoms with Crippen LogP contribution >= 0.6 is 23.2 Å². The summed E-state index contributed by atoms with van der Waals surface area (Å²) >= 11 is 11.8. The van der Waals surface area contributed by atoms with Crippen LogP contribution in [0.15, 0.2) is 46.9 Å². The van der Waals surface area contributed by atoms with Gasteiger partial charge in [0.25, 0.3) is 5.89 Å². The number of benzene rings is 2. The third kappa shape index (κ3) is 3.33. The van der Waals surface area contributed by atoms with Crippen molar-refractivity contribution in [1.29, 1.82) is 0 Å². The van der Waals surface area contributed by atoms with Crippen molar-refractivity contribution in [3.8, 4) is 11.5 Å². The van der Waals surface area contributed by atoms with E-state index in [1.54, 1.807) is 12.1 Å². The van der Waals surface area contributed by atoms with Crippen LogP contribution in [0.3, 0.4) is 0 Å². The Balaban J connectivity index is 1.83. The van der Waals surface area contributed by atoms with Gasteiger partial charge in [0.05, 0.1) is 16.3 Å². The van der Waals surface area contributed by atoms with E-state index in [4.69, 9.17) is 27.6 Å². The quantitative estimate of drug-likeness (QED) is 0.757. The number of rotatable bonds is 3. The average molecular weight is 352 g/mol. The summed E-state index contributed by atoms with van der Waals surface area (Å²) in [6.45, 7) is 0. The summed E-state index contributed by atoms with van der Waals surface area (Å²) in [5.41, 5.74) is 0.454. The fraction of sp³-hybridized carbons (Fsp3) is 0. The lowest BCUT2D eigenvalue weighted by molar-refractivity contribution is 0.0991. The van der Waals surface area contributed by atoms with Crippen LogP contribution in [0.4, 0.5) is 10.1 Å². The normalized spacial score (nSPS) is 10.6. The number of carbonyl (C=O) groups excluding carboxylic acids is 1. The summed E-state index contributed by atoms with van der Waals surface area (Å²) in [5.74, 6) is -1.59. The van der Waals surface area contributed by atoms with Crippen molar-refractivity contribution in [2.45, 2.75) is 0 Å². The first-order valence-corrected chi connectivity index (χ1v) is 7.15. The van der Waals surface area contributed by atoms with E-state index in [2.05, 4.69) is 15.5 Å². The maximum absolute atomic E-state index is 13.7. The molecular formula is C15H8Cl2FN3O2. The summed E-state index contributed by atoms with van der Waals surface area (Å²) in [6, 6.07) is 10.5. The molecule has 0 aliphatic carbocycles. The highest BCUT2D eigenvalue weighted by Gasteiger charge is 2.18. The lowest BCUT2D eigenvalue weighted by Crippen LogP contribution is -2.12. The van der Waals surface area contributed by atoms with Gasteiger partial charge in [-0.2, -0.15) is 0 Å². The number of nitrogens with one attached hydrogen (secondary N) is 1. The minimum absolute atomic E-state index is 0.0875. The van der Waals surface area contributed by atoms with Crippen molar-refractivity contribution in [3.05, 3.63) is 64.2 Å². The summed E-state index contributed by atoms with van der Waals surface area (Å²) in [5, 5.41) is 10.5. The van der Waals surface area contributed by atoms with Gasteiger partial charge in [-0.05, 0) is 30.3 Å². The van der Waals surface area contributed by atoms with Crippen LogP contribution in [-0.2, 0) is 0 Å². The number of amides is 1. The molecule has 0 unspecified atom stereocenters. The van der Waals surface area contributed by atoms with Gasteiger partial charge in [-0.15, -0.1) is 10.2 Å². The molecule has 0 aliphatic heterocycles. The zero-order valence-electron chi connectivity index (χ0n) is 11.4. The fourth-order valence-corrected chi connectivity index (χ4v) is 2.28. The monoisotopic (exact) mass is 351 g/mol. The maximum atomic E-state index is 13.7. The fourth-order valence-electron chi connectivity index (χ4n) is 1.83. The van der Waals surface area contributed by atoms with Gasteiger partial charge in [0, 0.05) is 5.02 Å². The highest BCUT2D eigenvalue weighted by molar-refractivity contribution is 6.36. The molecule has 0 spiro atoms. The first kappa shape index (κ1) is 15.5. The van der Waals surface area contributed by atoms with Crippen molar-refractivity contribution in [3.63, 3.8) is 0 Å². The Labute approximate surface area is 140 Å². The minimum atomic E-state index is -0.663. The van der Waals surface area contributed by atoms with E-state index in [9.17, 15) is 9.18 Å². The highest BCUT2D eigenvalue weighted by atomic mass is 35.5. The van der Waals surface area contributed by atoms with Crippen LogP contribution in [0.2, 0.25) is 10.0 Å². The second kappa shape index (κ2) is 6.36. The maximum Gasteiger partial charge on any atom is 0.313 e. The van der Waals surface area contributed by atoms with Crippen molar-refractivity contribution < 1.29 is 13.6 Å². The Morgan fingerprint density at radius 2 is 1.91 bits per heavy atom. The number of carbonyl (C=O) groups is 1. The second-order valence-corrected chi connectivity index (χ2v) is 5.31. The Morgan fingerprint density at radius 3 is 2.65 bits per heavy atom. The van der Waals surface area contributed by atoms with Gasteiger partial charge in [0.1, 0.15) is 5.82 Å². The van der Waals surface area contributed by atoms with Gasteiger partial charge in [-0.25, -0.2) is 4.39 Å². The number of hydrogen-bond acceptors (Lipinski definition) is 4. The second-order valence-electron chi connectivity index (χ2n) is 4.47. The molecule has 0 saturated heterocycles. The zero-order chi connectivity index (χ0) is 16.4. The molecule has 0 bridgehead atoms. The summed E-state index contributed by atoms with van der Waals surface area (Å²) < 4.78 is 18.9. The molecule has 2 aromatic carbocycles. The first-order chi connectivity index (χ1) is 11.0. The van der Waals surface area contributed by atoms with Crippen molar-refractivity contribution in [2.24, 2.45) is 0 Å². The number of hydrogen-bond donors (Lipinski definition) is 1. The molecule has 1 heterocycles. The van der Waals surface area contributed by atoms with Gasteiger partial charge in [-0.1, -0.05) is 35.3 Å². The van der Waals surface area contributed by atoms with E-state index in [-0.39, 0.29) is 22.4 Å². The van der Waals surface area contributed by atoms with Crippen molar-refractivity contribution in [2.75, 3.05) is 5.32 Å². The predicted molar refractivity (Wildman–Crippen MR) is 84.1 cm³/mol. The molecule has 0 aliphatic rings. The van der Waals surface area contributed by atoms with E-state index in [1.165, 1.54) is 30.3 Å². The average Bonchev–Trinajstić information content (AvgIpc) is 3.00. The molecule has 1 aromatic heterocycles.